The second-order valence-electron chi connectivity index (χ2n) is 5.28. The number of carbonyl (C=O) groups excluding carboxylic acids is 1. The van der Waals surface area contributed by atoms with Crippen molar-refractivity contribution >= 4 is 28.3 Å². The van der Waals surface area contributed by atoms with E-state index in [1.54, 1.807) is 18.9 Å². The molecule has 1 fully saturated rings. The maximum absolute atomic E-state index is 12.4. The zero-order valence-electron chi connectivity index (χ0n) is 12.8. The monoisotopic (exact) mass is 351 g/mol. The molecule has 1 unspecified atom stereocenters. The molecule has 0 aliphatic carbocycles. The average molecular weight is 352 g/mol. The number of nitrogens with zero attached hydrogens (tertiary/aromatic N) is 3. The fourth-order valence-corrected chi connectivity index (χ4v) is 3.49. The van der Waals surface area contributed by atoms with Crippen molar-refractivity contribution in [2.24, 2.45) is 7.05 Å². The highest BCUT2D eigenvalue weighted by atomic mass is 35.5. The van der Waals surface area contributed by atoms with Crippen molar-refractivity contribution in [3.8, 4) is 0 Å². The molecule has 10 heteroatoms. The number of rotatable bonds is 4. The first-order chi connectivity index (χ1) is 9.81. The quantitative estimate of drug-likeness (QED) is 0.750. The lowest BCUT2D eigenvalue weighted by molar-refractivity contribution is -0.135. The van der Waals surface area contributed by atoms with Crippen LogP contribution < -0.4 is 10.0 Å². The SMILES string of the molecule is CC(NS(=O)(=O)c1cnn(C)c1)C(=O)N1CCNC[C@H]1C.Cl. The van der Waals surface area contributed by atoms with Crippen LogP contribution in [0.15, 0.2) is 17.3 Å². The lowest BCUT2D eigenvalue weighted by atomic mass is 10.2. The van der Waals surface area contributed by atoms with E-state index >= 15 is 0 Å². The van der Waals surface area contributed by atoms with E-state index in [4.69, 9.17) is 0 Å². The number of hydrogen-bond acceptors (Lipinski definition) is 5. The topological polar surface area (TPSA) is 96.3 Å². The standard InChI is InChI=1S/C12H21N5O3S.ClH/c1-9-6-13-4-5-17(9)12(18)10(2)15-21(19,20)11-7-14-16(3)8-11;/h7-10,13,15H,4-6H2,1-3H3;1H/t9-,10?;/m1./s1. The van der Waals surface area contributed by atoms with E-state index in [-0.39, 0.29) is 29.3 Å². The zero-order chi connectivity index (χ0) is 15.6. The van der Waals surface area contributed by atoms with Crippen molar-refractivity contribution in [3.63, 3.8) is 0 Å². The molecule has 2 N–H and O–H groups in total. The molecule has 1 aliphatic rings. The van der Waals surface area contributed by atoms with Gasteiger partial charge in [0.05, 0.1) is 12.2 Å². The molecule has 0 bridgehead atoms. The Balaban J connectivity index is 0.00000242. The third kappa shape index (κ3) is 4.19. The third-order valence-electron chi connectivity index (χ3n) is 3.48. The molecule has 0 saturated carbocycles. The number of hydrogen-bond donors (Lipinski definition) is 2. The Morgan fingerprint density at radius 2 is 2.23 bits per heavy atom. The van der Waals surface area contributed by atoms with Crippen LogP contribution in [0.1, 0.15) is 13.8 Å². The van der Waals surface area contributed by atoms with Crippen molar-refractivity contribution in [1.29, 1.82) is 0 Å². The normalized spacial score (nSPS) is 20.3. The van der Waals surface area contributed by atoms with Crippen LogP contribution in [0.4, 0.5) is 0 Å². The van der Waals surface area contributed by atoms with Crippen LogP contribution in [0, 0.1) is 0 Å². The zero-order valence-corrected chi connectivity index (χ0v) is 14.4. The van der Waals surface area contributed by atoms with Crippen LogP contribution in [-0.4, -0.2) is 60.7 Å². The molecule has 0 aromatic carbocycles. The number of aromatic nitrogens is 2. The maximum atomic E-state index is 12.4. The minimum Gasteiger partial charge on any atom is -0.336 e. The summed E-state index contributed by atoms with van der Waals surface area (Å²) in [7, 11) is -2.10. The highest BCUT2D eigenvalue weighted by molar-refractivity contribution is 7.89. The summed E-state index contributed by atoms with van der Waals surface area (Å²) in [4.78, 5) is 14.1. The molecular formula is C12H22ClN5O3S. The molecule has 1 aliphatic heterocycles. The Labute approximate surface area is 136 Å². The van der Waals surface area contributed by atoms with Gasteiger partial charge in [0.25, 0.3) is 0 Å². The molecule has 2 atom stereocenters. The van der Waals surface area contributed by atoms with E-state index in [0.717, 1.165) is 6.54 Å². The van der Waals surface area contributed by atoms with Crippen LogP contribution >= 0.6 is 12.4 Å². The van der Waals surface area contributed by atoms with Gasteiger partial charge in [0.2, 0.25) is 15.9 Å². The Kier molecular flexibility index (Phi) is 6.36. The van der Waals surface area contributed by atoms with Gasteiger partial charge in [-0.1, -0.05) is 0 Å². The summed E-state index contributed by atoms with van der Waals surface area (Å²) < 4.78 is 28.2. The number of sulfonamides is 1. The third-order valence-corrected chi connectivity index (χ3v) is 4.97. The molecule has 1 aromatic heterocycles. The summed E-state index contributed by atoms with van der Waals surface area (Å²) in [5.74, 6) is -0.212. The Morgan fingerprint density at radius 1 is 1.55 bits per heavy atom. The summed E-state index contributed by atoms with van der Waals surface area (Å²) in [6, 6.07) is -0.757. The van der Waals surface area contributed by atoms with E-state index in [2.05, 4.69) is 15.1 Å². The highest BCUT2D eigenvalue weighted by Crippen LogP contribution is 2.10. The van der Waals surface area contributed by atoms with E-state index < -0.39 is 16.1 Å². The van der Waals surface area contributed by atoms with Crippen LogP contribution in [0.3, 0.4) is 0 Å². The largest absolute Gasteiger partial charge is 0.336 e. The van der Waals surface area contributed by atoms with E-state index in [0.29, 0.717) is 13.1 Å². The number of aryl methyl sites for hydroxylation is 1. The van der Waals surface area contributed by atoms with Gasteiger partial charge in [-0.05, 0) is 13.8 Å². The number of halogens is 1. The first-order valence-electron chi connectivity index (χ1n) is 6.83. The first-order valence-corrected chi connectivity index (χ1v) is 8.32. The maximum Gasteiger partial charge on any atom is 0.244 e. The van der Waals surface area contributed by atoms with Gasteiger partial charge in [-0.25, -0.2) is 8.42 Å². The van der Waals surface area contributed by atoms with Crippen LogP contribution in [0.5, 0.6) is 0 Å². The summed E-state index contributed by atoms with van der Waals surface area (Å²) in [5, 5.41) is 7.02. The molecule has 0 radical (unpaired) electrons. The molecular weight excluding hydrogens is 330 g/mol. The highest BCUT2D eigenvalue weighted by Gasteiger charge is 2.30. The van der Waals surface area contributed by atoms with Gasteiger partial charge in [0.15, 0.2) is 0 Å². The van der Waals surface area contributed by atoms with E-state index in [1.165, 1.54) is 17.1 Å². The Morgan fingerprint density at radius 3 is 2.77 bits per heavy atom. The number of carbonyl (C=O) groups is 1. The molecule has 8 nitrogen and oxygen atoms in total. The van der Waals surface area contributed by atoms with Crippen LogP contribution in [-0.2, 0) is 21.9 Å². The van der Waals surface area contributed by atoms with Crippen molar-refractivity contribution in [3.05, 3.63) is 12.4 Å². The van der Waals surface area contributed by atoms with Gasteiger partial charge in [-0.3, -0.25) is 9.48 Å². The Bertz CT molecular complexity index is 618. The van der Waals surface area contributed by atoms with Gasteiger partial charge >= 0.3 is 0 Å². The number of amides is 1. The minimum absolute atomic E-state index is 0. The molecule has 0 spiro atoms. The predicted molar refractivity (Wildman–Crippen MR) is 84.3 cm³/mol. The summed E-state index contributed by atoms with van der Waals surface area (Å²) in [6.07, 6.45) is 2.65. The number of piperazine rings is 1. The minimum atomic E-state index is -3.74. The molecule has 2 rings (SSSR count). The second kappa shape index (κ2) is 7.40. The molecule has 2 heterocycles. The summed E-state index contributed by atoms with van der Waals surface area (Å²) in [5.41, 5.74) is 0. The van der Waals surface area contributed by atoms with Crippen molar-refractivity contribution in [2.45, 2.75) is 30.8 Å². The van der Waals surface area contributed by atoms with Crippen molar-refractivity contribution in [1.82, 2.24) is 24.7 Å². The van der Waals surface area contributed by atoms with Crippen molar-refractivity contribution < 1.29 is 13.2 Å². The van der Waals surface area contributed by atoms with E-state index in [9.17, 15) is 13.2 Å². The summed E-state index contributed by atoms with van der Waals surface area (Å²) in [6.45, 7) is 5.52. The molecule has 1 saturated heterocycles. The van der Waals surface area contributed by atoms with Crippen LogP contribution in [0.25, 0.3) is 0 Å². The lowest BCUT2D eigenvalue weighted by Crippen LogP contribution is -2.57. The molecule has 1 aromatic rings. The van der Waals surface area contributed by atoms with E-state index in [1.807, 2.05) is 6.92 Å². The second-order valence-corrected chi connectivity index (χ2v) is 6.99. The smallest absolute Gasteiger partial charge is 0.244 e. The van der Waals surface area contributed by atoms with Gasteiger partial charge < -0.3 is 10.2 Å². The van der Waals surface area contributed by atoms with Gasteiger partial charge in [-0.2, -0.15) is 9.82 Å². The lowest BCUT2D eigenvalue weighted by Gasteiger charge is -2.35. The fraction of sp³-hybridized carbons (Fsp3) is 0.667. The fourth-order valence-electron chi connectivity index (χ4n) is 2.31. The average Bonchev–Trinajstić information content (AvgIpc) is 2.85. The van der Waals surface area contributed by atoms with Crippen molar-refractivity contribution in [2.75, 3.05) is 19.6 Å². The van der Waals surface area contributed by atoms with Crippen LogP contribution in [0.2, 0.25) is 0 Å². The summed E-state index contributed by atoms with van der Waals surface area (Å²) >= 11 is 0. The molecule has 22 heavy (non-hydrogen) atoms. The predicted octanol–water partition coefficient (Wildman–Crippen LogP) is -0.671. The van der Waals surface area contributed by atoms with Gasteiger partial charge in [0.1, 0.15) is 4.90 Å². The molecule has 126 valence electrons. The van der Waals surface area contributed by atoms with Gasteiger partial charge in [0, 0.05) is 38.9 Å². The Hall–Kier alpha value is -1.16. The van der Waals surface area contributed by atoms with Gasteiger partial charge in [-0.15, -0.1) is 12.4 Å². The molecule has 1 amide bonds. The first kappa shape index (κ1) is 18.9. The number of nitrogens with one attached hydrogen (secondary N) is 2.